The van der Waals surface area contributed by atoms with Crippen LogP contribution in [0, 0.1) is 11.8 Å². The summed E-state index contributed by atoms with van der Waals surface area (Å²) in [5.74, 6) is 2.50. The second-order valence-corrected chi connectivity index (χ2v) is 6.51. The van der Waals surface area contributed by atoms with Crippen LogP contribution in [0.4, 0.5) is 0 Å². The summed E-state index contributed by atoms with van der Waals surface area (Å²) in [5, 5.41) is 3.26. The molecule has 6 heteroatoms. The van der Waals surface area contributed by atoms with Crippen LogP contribution in [-0.4, -0.2) is 37.2 Å². The van der Waals surface area contributed by atoms with Crippen LogP contribution in [0.5, 0.6) is 11.5 Å². The van der Waals surface area contributed by atoms with E-state index in [1.807, 2.05) is 12.1 Å². The molecule has 2 atom stereocenters. The van der Waals surface area contributed by atoms with Crippen LogP contribution in [0.15, 0.2) is 18.2 Å². The van der Waals surface area contributed by atoms with Crippen LogP contribution in [0.3, 0.4) is 0 Å². The number of ether oxygens (including phenoxy) is 2. The minimum Gasteiger partial charge on any atom is -0.454 e. The number of halogens is 1. The molecule has 1 amide bonds. The first kappa shape index (κ1) is 16.4. The van der Waals surface area contributed by atoms with Crippen molar-refractivity contribution in [2.45, 2.75) is 25.8 Å². The molecular formula is C17H23ClN2O3. The summed E-state index contributed by atoms with van der Waals surface area (Å²) >= 11 is 0. The van der Waals surface area contributed by atoms with E-state index in [1.54, 1.807) is 0 Å². The van der Waals surface area contributed by atoms with Gasteiger partial charge in [0.2, 0.25) is 12.7 Å². The zero-order valence-electron chi connectivity index (χ0n) is 13.3. The minimum atomic E-state index is 0. The Morgan fingerprint density at radius 1 is 1.30 bits per heavy atom. The van der Waals surface area contributed by atoms with Gasteiger partial charge in [-0.15, -0.1) is 12.4 Å². The van der Waals surface area contributed by atoms with Gasteiger partial charge in [0.1, 0.15) is 0 Å². The Morgan fingerprint density at radius 2 is 2.09 bits per heavy atom. The van der Waals surface area contributed by atoms with Crippen LogP contribution in [0.1, 0.15) is 31.4 Å². The van der Waals surface area contributed by atoms with Gasteiger partial charge >= 0.3 is 0 Å². The molecule has 0 aliphatic carbocycles. The molecule has 0 saturated carbocycles. The van der Waals surface area contributed by atoms with Crippen molar-refractivity contribution in [1.29, 1.82) is 0 Å². The van der Waals surface area contributed by atoms with E-state index in [0.717, 1.165) is 49.5 Å². The number of nitrogens with one attached hydrogen (secondary N) is 1. The molecule has 2 saturated heterocycles. The molecule has 0 bridgehead atoms. The van der Waals surface area contributed by atoms with E-state index in [1.165, 1.54) is 0 Å². The van der Waals surface area contributed by atoms with Gasteiger partial charge in [0, 0.05) is 12.5 Å². The smallest absolute Gasteiger partial charge is 0.231 e. The number of likely N-dealkylation sites (tertiary alicyclic amines) is 1. The number of rotatable bonds is 3. The SMILES string of the molecule is CC(C(=O)N1CCCC1c1ccc2c(c1)OCO2)C1CNC1.Cl. The third-order valence-corrected chi connectivity index (χ3v) is 5.23. The Bertz CT molecular complexity index is 591. The molecule has 0 radical (unpaired) electrons. The molecule has 1 aromatic rings. The summed E-state index contributed by atoms with van der Waals surface area (Å²) in [6, 6.07) is 6.24. The van der Waals surface area contributed by atoms with Crippen molar-refractivity contribution < 1.29 is 14.3 Å². The van der Waals surface area contributed by atoms with Gasteiger partial charge in [0.05, 0.1) is 6.04 Å². The third kappa shape index (κ3) is 2.88. The molecule has 3 aliphatic rings. The Hall–Kier alpha value is -1.46. The van der Waals surface area contributed by atoms with E-state index in [2.05, 4.69) is 23.2 Å². The molecule has 126 valence electrons. The number of hydrogen-bond donors (Lipinski definition) is 1. The summed E-state index contributed by atoms with van der Waals surface area (Å²) < 4.78 is 10.8. The summed E-state index contributed by atoms with van der Waals surface area (Å²) in [6.45, 7) is 5.16. The highest BCUT2D eigenvalue weighted by atomic mass is 35.5. The van der Waals surface area contributed by atoms with E-state index in [0.29, 0.717) is 11.8 Å². The van der Waals surface area contributed by atoms with Crippen molar-refractivity contribution in [3.05, 3.63) is 23.8 Å². The summed E-state index contributed by atoms with van der Waals surface area (Å²) in [5.41, 5.74) is 1.16. The lowest BCUT2D eigenvalue weighted by atomic mass is 9.87. The number of carbonyl (C=O) groups is 1. The molecule has 3 aliphatic heterocycles. The van der Waals surface area contributed by atoms with Crippen molar-refractivity contribution in [3.8, 4) is 11.5 Å². The van der Waals surface area contributed by atoms with Crippen molar-refractivity contribution >= 4 is 18.3 Å². The van der Waals surface area contributed by atoms with Gasteiger partial charge in [-0.2, -0.15) is 0 Å². The molecule has 2 unspecified atom stereocenters. The number of nitrogens with zero attached hydrogens (tertiary/aromatic N) is 1. The van der Waals surface area contributed by atoms with Gasteiger partial charge < -0.3 is 19.7 Å². The Morgan fingerprint density at radius 3 is 2.83 bits per heavy atom. The standard InChI is InChI=1S/C17H22N2O3.ClH/c1-11(13-8-18-9-13)17(20)19-6-2-3-14(19)12-4-5-15-16(7-12)22-10-21-15;/h4-5,7,11,13-14,18H,2-3,6,8-10H2,1H3;1H. The van der Waals surface area contributed by atoms with E-state index >= 15 is 0 Å². The number of carbonyl (C=O) groups excluding carboxylic acids is 1. The first-order valence-electron chi connectivity index (χ1n) is 8.15. The van der Waals surface area contributed by atoms with Crippen LogP contribution >= 0.6 is 12.4 Å². The molecule has 5 nitrogen and oxygen atoms in total. The van der Waals surface area contributed by atoms with E-state index in [4.69, 9.17) is 9.47 Å². The molecule has 1 aromatic carbocycles. The average Bonchev–Trinajstić information content (AvgIpc) is 3.12. The lowest BCUT2D eigenvalue weighted by Gasteiger charge is -2.35. The molecule has 3 heterocycles. The molecular weight excluding hydrogens is 316 g/mol. The predicted molar refractivity (Wildman–Crippen MR) is 89.0 cm³/mol. The number of amides is 1. The summed E-state index contributed by atoms with van der Waals surface area (Å²) in [6.07, 6.45) is 2.10. The largest absolute Gasteiger partial charge is 0.454 e. The third-order valence-electron chi connectivity index (χ3n) is 5.23. The van der Waals surface area contributed by atoms with Crippen LogP contribution in [-0.2, 0) is 4.79 Å². The highest BCUT2D eigenvalue weighted by Crippen LogP contribution is 2.39. The zero-order chi connectivity index (χ0) is 15.1. The van der Waals surface area contributed by atoms with Gasteiger partial charge in [0.25, 0.3) is 0 Å². The van der Waals surface area contributed by atoms with Gasteiger partial charge in [-0.1, -0.05) is 13.0 Å². The molecule has 23 heavy (non-hydrogen) atoms. The fourth-order valence-corrected chi connectivity index (χ4v) is 3.63. The lowest BCUT2D eigenvalue weighted by Crippen LogP contribution is -2.50. The Balaban J connectivity index is 0.00000156. The van der Waals surface area contributed by atoms with Crippen LogP contribution in [0.25, 0.3) is 0 Å². The van der Waals surface area contributed by atoms with Crippen molar-refractivity contribution in [2.75, 3.05) is 26.4 Å². The molecule has 0 spiro atoms. The Labute approximate surface area is 142 Å². The highest BCUT2D eigenvalue weighted by Gasteiger charge is 2.37. The number of fused-ring (bicyclic) bond motifs is 1. The van der Waals surface area contributed by atoms with Crippen molar-refractivity contribution in [2.24, 2.45) is 11.8 Å². The summed E-state index contributed by atoms with van der Waals surface area (Å²) in [4.78, 5) is 14.9. The number of hydrogen-bond acceptors (Lipinski definition) is 4. The topological polar surface area (TPSA) is 50.8 Å². The van der Waals surface area contributed by atoms with Gasteiger partial charge in [0.15, 0.2) is 11.5 Å². The van der Waals surface area contributed by atoms with E-state index in [-0.39, 0.29) is 31.2 Å². The molecule has 0 aromatic heterocycles. The summed E-state index contributed by atoms with van der Waals surface area (Å²) in [7, 11) is 0. The zero-order valence-corrected chi connectivity index (χ0v) is 14.1. The second kappa shape index (κ2) is 6.57. The fraction of sp³-hybridized carbons (Fsp3) is 0.588. The van der Waals surface area contributed by atoms with Crippen LogP contribution in [0.2, 0.25) is 0 Å². The maximum atomic E-state index is 12.8. The maximum Gasteiger partial charge on any atom is 0.231 e. The number of benzene rings is 1. The van der Waals surface area contributed by atoms with Crippen molar-refractivity contribution in [3.63, 3.8) is 0 Å². The Kier molecular flexibility index (Phi) is 4.69. The quantitative estimate of drug-likeness (QED) is 0.919. The van der Waals surface area contributed by atoms with Gasteiger partial charge in [-0.25, -0.2) is 0 Å². The predicted octanol–water partition coefficient (Wildman–Crippen LogP) is 2.36. The first-order chi connectivity index (χ1) is 10.7. The first-order valence-corrected chi connectivity index (χ1v) is 8.15. The van der Waals surface area contributed by atoms with Crippen molar-refractivity contribution in [1.82, 2.24) is 10.2 Å². The van der Waals surface area contributed by atoms with E-state index in [9.17, 15) is 4.79 Å². The molecule has 1 N–H and O–H groups in total. The van der Waals surface area contributed by atoms with Gasteiger partial charge in [-0.05, 0) is 49.5 Å². The second-order valence-electron chi connectivity index (χ2n) is 6.51. The van der Waals surface area contributed by atoms with E-state index < -0.39 is 0 Å². The normalized spacial score (nSPS) is 24.0. The average molecular weight is 339 g/mol. The molecule has 2 fully saturated rings. The fourth-order valence-electron chi connectivity index (χ4n) is 3.63. The maximum absolute atomic E-state index is 12.8. The van der Waals surface area contributed by atoms with Crippen LogP contribution < -0.4 is 14.8 Å². The van der Waals surface area contributed by atoms with Gasteiger partial charge in [-0.3, -0.25) is 4.79 Å². The monoisotopic (exact) mass is 338 g/mol. The molecule has 4 rings (SSSR count). The lowest BCUT2D eigenvalue weighted by molar-refractivity contribution is -0.138. The highest BCUT2D eigenvalue weighted by molar-refractivity contribution is 5.85. The minimum absolute atomic E-state index is 0.